The molecule has 10 nitrogen and oxygen atoms in total. The summed E-state index contributed by atoms with van der Waals surface area (Å²) < 4.78 is 82.5. The van der Waals surface area contributed by atoms with Crippen molar-refractivity contribution in [1.29, 1.82) is 5.26 Å². The van der Waals surface area contributed by atoms with E-state index in [1.807, 2.05) is 30.0 Å². The monoisotopic (exact) mass is 649 g/mol. The van der Waals surface area contributed by atoms with Crippen molar-refractivity contribution in [3.8, 4) is 12.1 Å². The second-order valence-corrected chi connectivity index (χ2v) is 12.3. The van der Waals surface area contributed by atoms with Gasteiger partial charge in [-0.15, -0.1) is 0 Å². The van der Waals surface area contributed by atoms with Gasteiger partial charge in [0.1, 0.15) is 18.2 Å². The lowest BCUT2D eigenvalue weighted by molar-refractivity contribution is -0.140. The van der Waals surface area contributed by atoms with Crippen molar-refractivity contribution in [2.75, 3.05) is 76.4 Å². The molecule has 1 amide bonds. The molecule has 2 saturated heterocycles. The van der Waals surface area contributed by atoms with E-state index in [1.165, 1.54) is 9.80 Å². The number of hydrogen-bond donors (Lipinski definition) is 0. The summed E-state index contributed by atoms with van der Waals surface area (Å²) in [7, 11) is 3.87. The van der Waals surface area contributed by atoms with E-state index in [1.54, 1.807) is 0 Å². The molecule has 0 aliphatic carbocycles. The standard InChI is InChI=1S/C31H36F5N7O3/c1-20(32)28(44)43-13-12-42(14-21(43)9-10-37)27-22-6-5-11-41(26-23(31(34,35)36)7-4-8-24(26)33)15-25(22)38-29(39-27)46-19-30(16-40(2)3)17-45-18-30/h4,7-8,21H,1,5-6,9,11-19H2,2-3H3/t21-/m0/s1. The predicted molar refractivity (Wildman–Crippen MR) is 158 cm³/mol. The van der Waals surface area contributed by atoms with E-state index in [0.717, 1.165) is 18.2 Å². The minimum Gasteiger partial charge on any atom is -0.463 e. The van der Waals surface area contributed by atoms with Gasteiger partial charge in [-0.05, 0) is 39.1 Å². The zero-order chi connectivity index (χ0) is 33.2. The van der Waals surface area contributed by atoms with Gasteiger partial charge in [-0.2, -0.15) is 28.4 Å². The van der Waals surface area contributed by atoms with Crippen molar-refractivity contribution in [1.82, 2.24) is 19.8 Å². The lowest BCUT2D eigenvalue weighted by Crippen LogP contribution is -2.55. The van der Waals surface area contributed by atoms with Gasteiger partial charge in [-0.25, -0.2) is 8.78 Å². The molecule has 248 valence electrons. The Kier molecular flexibility index (Phi) is 9.69. The normalized spacial score (nSPS) is 19.6. The molecule has 3 aliphatic rings. The van der Waals surface area contributed by atoms with Crippen LogP contribution < -0.4 is 14.5 Å². The predicted octanol–water partition coefficient (Wildman–Crippen LogP) is 3.96. The number of alkyl halides is 3. The van der Waals surface area contributed by atoms with Crippen LogP contribution in [0.1, 0.15) is 29.7 Å². The molecule has 0 saturated carbocycles. The molecule has 2 aromatic rings. The zero-order valence-electron chi connectivity index (χ0n) is 25.7. The summed E-state index contributed by atoms with van der Waals surface area (Å²) >= 11 is 0. The van der Waals surface area contributed by atoms with E-state index in [9.17, 15) is 27.6 Å². The first kappa shape index (κ1) is 33.3. The molecule has 0 radical (unpaired) electrons. The molecular formula is C31H36F5N7O3. The van der Waals surface area contributed by atoms with Gasteiger partial charge in [0, 0.05) is 38.3 Å². The third kappa shape index (κ3) is 7.02. The molecule has 2 fully saturated rings. The third-order valence-corrected chi connectivity index (χ3v) is 8.43. The van der Waals surface area contributed by atoms with Gasteiger partial charge in [-0.1, -0.05) is 12.6 Å². The van der Waals surface area contributed by atoms with E-state index < -0.39 is 41.0 Å². The average Bonchev–Trinajstić information content (AvgIpc) is 3.19. The molecule has 46 heavy (non-hydrogen) atoms. The number of fused-ring (bicyclic) bond motifs is 1. The molecule has 1 aromatic carbocycles. The molecule has 0 unspecified atom stereocenters. The molecule has 1 atom stereocenters. The Hall–Kier alpha value is -4.03. The number of nitriles is 1. The number of anilines is 2. The van der Waals surface area contributed by atoms with Crippen LogP contribution in [0.2, 0.25) is 0 Å². The van der Waals surface area contributed by atoms with Crippen molar-refractivity contribution in [2.24, 2.45) is 5.41 Å². The number of hydrogen-bond acceptors (Lipinski definition) is 9. The van der Waals surface area contributed by atoms with Crippen LogP contribution in [0, 0.1) is 22.6 Å². The third-order valence-electron chi connectivity index (χ3n) is 8.43. The van der Waals surface area contributed by atoms with Gasteiger partial charge in [0.05, 0.1) is 60.7 Å². The number of benzene rings is 1. The van der Waals surface area contributed by atoms with Crippen molar-refractivity contribution in [3.63, 3.8) is 0 Å². The number of halogens is 5. The van der Waals surface area contributed by atoms with E-state index >= 15 is 4.39 Å². The Balaban J connectivity index is 1.53. The highest BCUT2D eigenvalue weighted by Gasteiger charge is 2.41. The Bertz CT molecular complexity index is 1510. The quantitative estimate of drug-likeness (QED) is 0.296. The van der Waals surface area contributed by atoms with Crippen molar-refractivity contribution in [3.05, 3.63) is 53.2 Å². The summed E-state index contributed by atoms with van der Waals surface area (Å²) in [5.74, 6) is -2.55. The summed E-state index contributed by atoms with van der Waals surface area (Å²) in [5.41, 5.74) is -0.895. The smallest absolute Gasteiger partial charge is 0.418 e. The number of carbonyl (C=O) groups excluding carboxylic acids is 1. The van der Waals surface area contributed by atoms with Gasteiger partial charge >= 0.3 is 12.2 Å². The number of nitrogens with zero attached hydrogens (tertiary/aromatic N) is 7. The van der Waals surface area contributed by atoms with Crippen LogP contribution in [0.4, 0.5) is 33.5 Å². The minimum absolute atomic E-state index is 0.00214. The van der Waals surface area contributed by atoms with Crippen molar-refractivity contribution in [2.45, 2.75) is 38.0 Å². The Morgan fingerprint density at radius 3 is 2.61 bits per heavy atom. The fourth-order valence-electron chi connectivity index (χ4n) is 6.42. The van der Waals surface area contributed by atoms with Crippen LogP contribution in [0.15, 0.2) is 30.6 Å². The number of rotatable bonds is 9. The summed E-state index contributed by atoms with van der Waals surface area (Å²) in [5, 5.41) is 9.47. The molecule has 1 aromatic heterocycles. The molecular weight excluding hydrogens is 613 g/mol. The Morgan fingerprint density at radius 2 is 1.98 bits per heavy atom. The summed E-state index contributed by atoms with van der Waals surface area (Å²) in [6.45, 7) is 5.38. The molecule has 0 N–H and O–H groups in total. The van der Waals surface area contributed by atoms with E-state index in [4.69, 9.17) is 14.5 Å². The number of carbonyl (C=O) groups is 1. The van der Waals surface area contributed by atoms with Crippen molar-refractivity contribution >= 4 is 17.4 Å². The number of aromatic nitrogens is 2. The SMILES string of the molecule is C=C(F)C(=O)N1CCN(c2nc(OCC3(CN(C)C)COC3)nc3c2CCCN(c2c(F)cccc2C(F)(F)F)C3)C[C@@H]1CC#N. The fraction of sp³-hybridized carbons (Fsp3) is 0.548. The van der Waals surface area contributed by atoms with Crippen LogP contribution in [0.3, 0.4) is 0 Å². The summed E-state index contributed by atoms with van der Waals surface area (Å²) in [6.07, 6.45) is -4.10. The fourth-order valence-corrected chi connectivity index (χ4v) is 6.42. The lowest BCUT2D eigenvalue weighted by atomic mass is 9.86. The second kappa shape index (κ2) is 13.4. The van der Waals surface area contributed by atoms with Gasteiger partial charge in [-0.3, -0.25) is 4.79 Å². The number of amides is 1. The van der Waals surface area contributed by atoms with Crippen LogP contribution in [0.25, 0.3) is 0 Å². The molecule has 5 rings (SSSR count). The number of piperazine rings is 1. The van der Waals surface area contributed by atoms with Crippen LogP contribution in [-0.2, 0) is 28.7 Å². The highest BCUT2D eigenvalue weighted by molar-refractivity contribution is 5.91. The summed E-state index contributed by atoms with van der Waals surface area (Å²) in [6, 6.07) is 4.28. The van der Waals surface area contributed by atoms with Gasteiger partial charge in [0.15, 0.2) is 5.83 Å². The maximum atomic E-state index is 15.1. The topological polar surface area (TPSA) is 98.1 Å². The molecule has 4 heterocycles. The van der Waals surface area contributed by atoms with Gasteiger partial charge < -0.3 is 29.1 Å². The maximum Gasteiger partial charge on any atom is 0.418 e. The van der Waals surface area contributed by atoms with Gasteiger partial charge in [0.2, 0.25) is 0 Å². The molecule has 15 heteroatoms. The lowest BCUT2D eigenvalue weighted by Gasteiger charge is -2.42. The highest BCUT2D eigenvalue weighted by Crippen LogP contribution is 2.40. The van der Waals surface area contributed by atoms with E-state index in [2.05, 4.69) is 11.6 Å². The molecule has 0 spiro atoms. The Morgan fingerprint density at radius 1 is 1.22 bits per heavy atom. The highest BCUT2D eigenvalue weighted by atomic mass is 19.4. The first-order chi connectivity index (χ1) is 21.8. The average molecular weight is 650 g/mol. The van der Waals surface area contributed by atoms with Gasteiger partial charge in [0.25, 0.3) is 5.91 Å². The van der Waals surface area contributed by atoms with Crippen LogP contribution in [-0.4, -0.2) is 98.4 Å². The van der Waals surface area contributed by atoms with Crippen LogP contribution in [0.5, 0.6) is 6.01 Å². The number of para-hydroxylation sites is 1. The zero-order valence-corrected chi connectivity index (χ0v) is 25.7. The first-order valence-electron chi connectivity index (χ1n) is 14.9. The molecule has 0 bridgehead atoms. The Labute approximate surface area is 264 Å². The second-order valence-electron chi connectivity index (χ2n) is 12.3. The molecule has 3 aliphatic heterocycles. The van der Waals surface area contributed by atoms with Crippen LogP contribution >= 0.6 is 0 Å². The van der Waals surface area contributed by atoms with E-state index in [0.29, 0.717) is 49.7 Å². The van der Waals surface area contributed by atoms with Crippen molar-refractivity contribution < 1.29 is 36.2 Å². The summed E-state index contributed by atoms with van der Waals surface area (Å²) in [4.78, 5) is 28.4. The number of ether oxygens (including phenoxy) is 2. The first-order valence-corrected chi connectivity index (χ1v) is 14.9. The largest absolute Gasteiger partial charge is 0.463 e. The van der Waals surface area contributed by atoms with E-state index in [-0.39, 0.29) is 57.2 Å². The minimum atomic E-state index is -4.78. The maximum absolute atomic E-state index is 15.1.